The van der Waals surface area contributed by atoms with Gasteiger partial charge < -0.3 is 21.3 Å². The summed E-state index contributed by atoms with van der Waals surface area (Å²) in [5.74, 6) is -0.827. The van der Waals surface area contributed by atoms with Crippen LogP contribution in [-0.2, 0) is 4.79 Å². The molecule has 5 rings (SSSR count). The van der Waals surface area contributed by atoms with Crippen LogP contribution in [0.25, 0.3) is 0 Å². The van der Waals surface area contributed by atoms with Crippen molar-refractivity contribution in [3.63, 3.8) is 0 Å². The number of aromatic nitrogens is 2. The Balaban J connectivity index is 1.30. The molecule has 2 aliphatic heterocycles. The summed E-state index contributed by atoms with van der Waals surface area (Å²) in [5.41, 5.74) is 8.78. The van der Waals surface area contributed by atoms with Crippen molar-refractivity contribution >= 4 is 29.0 Å². The van der Waals surface area contributed by atoms with Crippen molar-refractivity contribution in [2.75, 3.05) is 35.7 Å². The van der Waals surface area contributed by atoms with Gasteiger partial charge in [0.05, 0.1) is 12.1 Å². The van der Waals surface area contributed by atoms with Gasteiger partial charge in [0.25, 0.3) is 0 Å². The zero-order valence-corrected chi connectivity index (χ0v) is 18.5. The van der Waals surface area contributed by atoms with Crippen molar-refractivity contribution in [1.29, 1.82) is 0 Å². The predicted octanol–water partition coefficient (Wildman–Crippen LogP) is 2.63. The molecule has 1 saturated carbocycles. The number of hydrogen-bond donors (Lipinski definition) is 3. The van der Waals surface area contributed by atoms with E-state index in [0.29, 0.717) is 24.5 Å². The topological polar surface area (TPSA) is 99.4 Å². The fourth-order valence-corrected chi connectivity index (χ4v) is 5.52. The molecule has 4 N–H and O–H groups in total. The van der Waals surface area contributed by atoms with Gasteiger partial charge in [-0.15, -0.1) is 0 Å². The molecule has 3 fully saturated rings. The van der Waals surface area contributed by atoms with Gasteiger partial charge >= 0.3 is 0 Å². The van der Waals surface area contributed by atoms with E-state index in [1.165, 1.54) is 17.7 Å². The van der Waals surface area contributed by atoms with Gasteiger partial charge in [0.2, 0.25) is 11.9 Å². The Hall–Kier alpha value is -2.94. The fraction of sp³-hybridized carbons (Fsp3) is 0.522. The van der Waals surface area contributed by atoms with Gasteiger partial charge in [-0.05, 0) is 57.0 Å². The highest BCUT2D eigenvalue weighted by atomic mass is 19.1. The van der Waals surface area contributed by atoms with Crippen molar-refractivity contribution in [1.82, 2.24) is 14.9 Å². The third-order valence-corrected chi connectivity index (χ3v) is 7.22. The molecule has 2 unspecified atom stereocenters. The van der Waals surface area contributed by atoms with Crippen LogP contribution in [0.1, 0.15) is 31.2 Å². The monoisotopic (exact) mass is 439 g/mol. The van der Waals surface area contributed by atoms with Crippen LogP contribution in [0.5, 0.6) is 0 Å². The number of amides is 1. The minimum Gasteiger partial charge on any atom is -0.369 e. The molecule has 3 aliphatic rings. The zero-order chi connectivity index (χ0) is 22.4. The first-order valence-electron chi connectivity index (χ1n) is 11.3. The molecule has 0 radical (unpaired) electrons. The Kier molecular flexibility index (Phi) is 5.36. The summed E-state index contributed by atoms with van der Waals surface area (Å²) in [6.07, 6.45) is 4.72. The molecule has 2 aromatic rings. The number of carbonyl (C=O) groups is 1. The maximum atomic E-state index is 14.3. The van der Waals surface area contributed by atoms with Crippen molar-refractivity contribution in [2.45, 2.75) is 50.7 Å². The largest absolute Gasteiger partial charge is 0.369 e. The number of carbonyl (C=O) groups excluding carboxylic acids is 1. The van der Waals surface area contributed by atoms with Crippen molar-refractivity contribution in [2.24, 2.45) is 11.7 Å². The molecule has 1 aliphatic carbocycles. The molecule has 170 valence electrons. The van der Waals surface area contributed by atoms with E-state index in [4.69, 9.17) is 5.73 Å². The van der Waals surface area contributed by atoms with Crippen LogP contribution in [-0.4, -0.2) is 59.0 Å². The Morgan fingerprint density at radius 2 is 2.09 bits per heavy atom. The van der Waals surface area contributed by atoms with Gasteiger partial charge in [-0.1, -0.05) is 6.42 Å². The van der Waals surface area contributed by atoms with E-state index in [2.05, 4.69) is 56.5 Å². The molecule has 8 nitrogen and oxygen atoms in total. The summed E-state index contributed by atoms with van der Waals surface area (Å²) < 4.78 is 14.3. The van der Waals surface area contributed by atoms with Crippen LogP contribution in [0.3, 0.4) is 0 Å². The predicted molar refractivity (Wildman–Crippen MR) is 123 cm³/mol. The first-order chi connectivity index (χ1) is 15.4. The van der Waals surface area contributed by atoms with Gasteiger partial charge in [0, 0.05) is 42.6 Å². The summed E-state index contributed by atoms with van der Waals surface area (Å²) in [5, 5.41) is 6.25. The minimum absolute atomic E-state index is 0.0891. The summed E-state index contributed by atoms with van der Waals surface area (Å²) in [7, 11) is 2.20. The quantitative estimate of drug-likeness (QED) is 0.636. The maximum Gasteiger partial charge on any atom is 0.229 e. The van der Waals surface area contributed by atoms with Gasteiger partial charge in [0.15, 0.2) is 11.6 Å². The molecule has 9 heteroatoms. The average Bonchev–Trinajstić information content (AvgIpc) is 3.46. The lowest BCUT2D eigenvalue weighted by molar-refractivity contribution is -0.121. The number of nitrogens with two attached hydrogens (primary N) is 1. The lowest BCUT2D eigenvalue weighted by Crippen LogP contribution is -2.44. The number of piperazine rings is 1. The zero-order valence-electron chi connectivity index (χ0n) is 18.5. The van der Waals surface area contributed by atoms with Gasteiger partial charge in [-0.2, -0.15) is 4.98 Å². The van der Waals surface area contributed by atoms with E-state index < -0.39 is 5.82 Å². The molecular formula is C23H30FN7O. The van der Waals surface area contributed by atoms with Crippen molar-refractivity contribution < 1.29 is 9.18 Å². The highest BCUT2D eigenvalue weighted by molar-refractivity contribution is 5.78. The average molecular weight is 440 g/mol. The number of hydrogen-bond acceptors (Lipinski definition) is 7. The number of halogens is 1. The van der Waals surface area contributed by atoms with E-state index in [1.807, 2.05) is 6.07 Å². The molecule has 1 aromatic heterocycles. The van der Waals surface area contributed by atoms with Gasteiger partial charge in [-0.25, -0.2) is 9.37 Å². The second kappa shape index (κ2) is 8.20. The molecular weight excluding hydrogens is 409 g/mol. The Morgan fingerprint density at radius 1 is 1.25 bits per heavy atom. The normalized spacial score (nSPS) is 27.2. The van der Waals surface area contributed by atoms with Crippen molar-refractivity contribution in [3.05, 3.63) is 35.8 Å². The maximum absolute atomic E-state index is 14.3. The molecule has 0 spiro atoms. The van der Waals surface area contributed by atoms with Crippen LogP contribution in [0.15, 0.2) is 24.4 Å². The molecule has 3 heterocycles. The second-order valence-corrected chi connectivity index (χ2v) is 9.34. The van der Waals surface area contributed by atoms with Crippen molar-refractivity contribution in [3.8, 4) is 0 Å². The number of aryl methyl sites for hydroxylation is 1. The number of fused-ring (bicyclic) bond motifs is 2. The SMILES string of the molecule is Cc1cc(Nc2ncc(F)c(NC3CCCC3C(N)=O)n2)ccc1N1C[C@@H]2C[C@H]1CN2C. The number of primary amides is 1. The number of nitrogens with one attached hydrogen (secondary N) is 2. The Morgan fingerprint density at radius 3 is 2.78 bits per heavy atom. The van der Waals surface area contributed by atoms with E-state index in [0.717, 1.165) is 37.8 Å². The molecule has 4 atom stereocenters. The molecule has 1 aromatic carbocycles. The molecule has 2 saturated heterocycles. The van der Waals surface area contributed by atoms with E-state index in [-0.39, 0.29) is 23.7 Å². The molecule has 32 heavy (non-hydrogen) atoms. The molecule has 2 bridgehead atoms. The van der Waals surface area contributed by atoms with Crippen LogP contribution in [0, 0.1) is 18.7 Å². The number of likely N-dealkylation sites (N-methyl/N-ethyl adjacent to an activating group) is 1. The smallest absolute Gasteiger partial charge is 0.229 e. The molecule has 1 amide bonds. The minimum atomic E-state index is -0.550. The number of anilines is 4. The summed E-state index contributed by atoms with van der Waals surface area (Å²) >= 11 is 0. The standard InChI is InChI=1S/C23H30FN7O/c1-13-8-14(6-7-20(13)31-12-15-9-16(31)11-30(15)2)27-23-26-10-18(24)22(29-23)28-19-5-3-4-17(19)21(25)32/h6-8,10,15-17,19H,3-5,9,11-12H2,1-2H3,(H2,25,32)(H2,26,27,28,29)/t15-,16-,17?,19?/m0/s1. The highest BCUT2D eigenvalue weighted by Crippen LogP contribution is 2.36. The summed E-state index contributed by atoms with van der Waals surface area (Å²) in [4.78, 5) is 25.0. The van der Waals surface area contributed by atoms with E-state index in [1.54, 1.807) is 0 Å². The summed E-state index contributed by atoms with van der Waals surface area (Å²) in [6.45, 7) is 4.29. The Labute approximate surface area is 187 Å². The van der Waals surface area contributed by atoms with Crippen LogP contribution in [0.2, 0.25) is 0 Å². The van der Waals surface area contributed by atoms with E-state index in [9.17, 15) is 9.18 Å². The van der Waals surface area contributed by atoms with Crippen LogP contribution >= 0.6 is 0 Å². The first kappa shape index (κ1) is 20.9. The van der Waals surface area contributed by atoms with Gasteiger partial charge in [-0.3, -0.25) is 9.69 Å². The van der Waals surface area contributed by atoms with E-state index >= 15 is 0 Å². The number of nitrogens with zero attached hydrogens (tertiary/aromatic N) is 4. The van der Waals surface area contributed by atoms with Gasteiger partial charge in [0.1, 0.15) is 0 Å². The second-order valence-electron chi connectivity index (χ2n) is 9.34. The third-order valence-electron chi connectivity index (χ3n) is 7.22. The third kappa shape index (κ3) is 3.85. The highest BCUT2D eigenvalue weighted by Gasteiger charge is 2.41. The fourth-order valence-electron chi connectivity index (χ4n) is 5.52. The number of benzene rings is 1. The lowest BCUT2D eigenvalue weighted by atomic mass is 10.0. The van der Waals surface area contributed by atoms with Crippen LogP contribution < -0.4 is 21.3 Å². The lowest BCUT2D eigenvalue weighted by Gasteiger charge is -2.34. The van der Waals surface area contributed by atoms with Crippen LogP contribution in [0.4, 0.5) is 27.5 Å². The summed E-state index contributed by atoms with van der Waals surface area (Å²) in [6, 6.07) is 7.24. The Bertz CT molecular complexity index is 1030. The number of likely N-dealkylation sites (tertiary alicyclic amines) is 1. The first-order valence-corrected chi connectivity index (χ1v) is 11.3. The number of rotatable bonds is 6.